The first-order valence-corrected chi connectivity index (χ1v) is 15.1. The van der Waals surface area contributed by atoms with Gasteiger partial charge < -0.3 is 33.8 Å². The number of hydrogen-bond donors (Lipinski definition) is 3. The van der Waals surface area contributed by atoms with Gasteiger partial charge in [0.05, 0.1) is 48.0 Å². The third-order valence-corrected chi connectivity index (χ3v) is 8.59. The summed E-state index contributed by atoms with van der Waals surface area (Å²) in [4.78, 5) is 34.3. The third-order valence-electron chi connectivity index (χ3n) is 8.59. The zero-order valence-corrected chi connectivity index (χ0v) is 25.5. The fourth-order valence-electron chi connectivity index (χ4n) is 6.08. The van der Waals surface area contributed by atoms with E-state index in [4.69, 9.17) is 23.7 Å². The van der Waals surface area contributed by atoms with Crippen LogP contribution in [0.4, 0.5) is 0 Å². The Labute approximate surface area is 253 Å². The zero-order valence-electron chi connectivity index (χ0n) is 25.5. The Morgan fingerprint density at radius 2 is 1.95 bits per heavy atom. The molecule has 0 spiro atoms. The lowest BCUT2D eigenvalue weighted by atomic mass is 9.85. The second kappa shape index (κ2) is 11.5. The van der Waals surface area contributed by atoms with Crippen molar-refractivity contribution in [2.24, 2.45) is 5.92 Å². The van der Waals surface area contributed by atoms with Crippen LogP contribution in [0.2, 0.25) is 0 Å². The molecule has 1 saturated heterocycles. The molecule has 12 heteroatoms. The second-order valence-corrected chi connectivity index (χ2v) is 12.2. The Kier molecular flexibility index (Phi) is 7.85. The van der Waals surface area contributed by atoms with E-state index in [0.29, 0.717) is 33.8 Å². The summed E-state index contributed by atoms with van der Waals surface area (Å²) >= 11 is 0. The molecule has 0 bridgehead atoms. The summed E-state index contributed by atoms with van der Waals surface area (Å²) in [6.07, 6.45) is 8.79. The van der Waals surface area contributed by atoms with E-state index in [1.165, 1.54) is 12.4 Å². The zero-order chi connectivity index (χ0) is 31.3. The number of hydrogen-bond acceptors (Lipinski definition) is 10. The van der Waals surface area contributed by atoms with Crippen molar-refractivity contribution in [1.82, 2.24) is 19.5 Å². The number of benzene rings is 1. The van der Waals surface area contributed by atoms with Gasteiger partial charge in [0.2, 0.25) is 0 Å². The number of nitrogens with one attached hydrogen (secondary N) is 1. The van der Waals surface area contributed by atoms with Crippen molar-refractivity contribution in [1.29, 1.82) is 0 Å². The maximum atomic E-state index is 12.3. The number of aryl methyl sites for hydroxylation is 1. The molecule has 0 saturated carbocycles. The molecule has 1 fully saturated rings. The van der Waals surface area contributed by atoms with E-state index in [2.05, 4.69) is 21.9 Å². The first-order valence-electron chi connectivity index (χ1n) is 15.1. The van der Waals surface area contributed by atoms with Crippen LogP contribution in [-0.4, -0.2) is 54.1 Å². The van der Waals surface area contributed by atoms with Crippen LogP contribution in [0.15, 0.2) is 38.8 Å². The van der Waals surface area contributed by atoms with Gasteiger partial charge in [0.25, 0.3) is 5.56 Å². The smallest absolute Gasteiger partial charge is 0.336 e. The van der Waals surface area contributed by atoms with Crippen molar-refractivity contribution in [3.05, 3.63) is 62.3 Å². The van der Waals surface area contributed by atoms with E-state index in [1.807, 2.05) is 39.8 Å². The topological polar surface area (TPSA) is 162 Å². The summed E-state index contributed by atoms with van der Waals surface area (Å²) in [6, 6.07) is 1.54. The number of rotatable bonds is 4. The van der Waals surface area contributed by atoms with E-state index >= 15 is 0 Å². The number of imidazole rings is 1. The van der Waals surface area contributed by atoms with Gasteiger partial charge in [-0.05, 0) is 57.7 Å². The number of aromatic amines is 1. The van der Waals surface area contributed by atoms with Gasteiger partial charge in [-0.2, -0.15) is 0 Å². The van der Waals surface area contributed by atoms with E-state index in [0.717, 1.165) is 42.2 Å². The van der Waals surface area contributed by atoms with Gasteiger partial charge in [-0.1, -0.05) is 20.3 Å². The predicted molar refractivity (Wildman–Crippen MR) is 163 cm³/mol. The number of ether oxygens (including phenoxy) is 3. The lowest BCUT2D eigenvalue weighted by Gasteiger charge is -2.37. The summed E-state index contributed by atoms with van der Waals surface area (Å²) in [6.45, 7) is 9.92. The molecule has 234 valence electrons. The van der Waals surface area contributed by atoms with Crippen molar-refractivity contribution in [2.45, 2.75) is 90.4 Å². The van der Waals surface area contributed by atoms with Crippen LogP contribution in [0.25, 0.3) is 28.2 Å². The van der Waals surface area contributed by atoms with Crippen LogP contribution >= 0.6 is 0 Å². The molecule has 7 rings (SSSR count). The SMILES string of the molecule is CCCc1cc(=O)oc2c3c(c4c(c12)OC(C)(C)C=C4)O[C@H](C)[C@@H](C)[C@@H]3O.O=c1[nH]cnc2c1ncn2[C@H]1CC[C@@H](CO)O1. The van der Waals surface area contributed by atoms with Gasteiger partial charge >= 0.3 is 5.63 Å². The average Bonchev–Trinajstić information content (AvgIpc) is 3.63. The minimum absolute atomic E-state index is 0.0111. The van der Waals surface area contributed by atoms with Crippen LogP contribution in [0.5, 0.6) is 11.5 Å². The molecule has 0 aliphatic carbocycles. The molecule has 1 aromatic carbocycles. The van der Waals surface area contributed by atoms with E-state index in [-0.39, 0.29) is 36.5 Å². The number of aliphatic hydroxyl groups excluding tert-OH is 2. The maximum Gasteiger partial charge on any atom is 0.336 e. The number of H-pyrrole nitrogens is 1. The van der Waals surface area contributed by atoms with Crippen molar-refractivity contribution in [2.75, 3.05) is 6.61 Å². The molecule has 0 amide bonds. The quantitative estimate of drug-likeness (QED) is 0.288. The van der Waals surface area contributed by atoms with Crippen LogP contribution in [0.1, 0.15) is 82.9 Å². The minimum atomic E-state index is -0.778. The summed E-state index contributed by atoms with van der Waals surface area (Å²) in [5.74, 6) is 1.10. The number of aromatic nitrogens is 4. The van der Waals surface area contributed by atoms with Gasteiger partial charge in [-0.15, -0.1) is 0 Å². The molecular weight excluding hydrogens is 568 g/mol. The Morgan fingerprint density at radius 3 is 2.68 bits per heavy atom. The highest BCUT2D eigenvalue weighted by molar-refractivity contribution is 5.97. The van der Waals surface area contributed by atoms with Crippen molar-refractivity contribution >= 4 is 28.2 Å². The highest BCUT2D eigenvalue weighted by Crippen LogP contribution is 2.52. The van der Waals surface area contributed by atoms with Gasteiger partial charge in [-0.3, -0.25) is 9.36 Å². The Morgan fingerprint density at radius 1 is 1.16 bits per heavy atom. The Bertz CT molecular complexity index is 1860. The summed E-state index contributed by atoms with van der Waals surface area (Å²) in [5.41, 5.74) is 2.28. The van der Waals surface area contributed by atoms with Crippen LogP contribution in [0.3, 0.4) is 0 Å². The largest absolute Gasteiger partial charge is 0.489 e. The number of nitrogens with zero attached hydrogens (tertiary/aromatic N) is 3. The highest BCUT2D eigenvalue weighted by atomic mass is 16.5. The molecular formula is C32H38N4O8. The molecule has 4 aromatic rings. The Hall–Kier alpha value is -4.00. The molecule has 0 unspecified atom stereocenters. The summed E-state index contributed by atoms with van der Waals surface area (Å²) in [7, 11) is 0. The third kappa shape index (κ3) is 5.20. The monoisotopic (exact) mass is 606 g/mol. The van der Waals surface area contributed by atoms with Crippen LogP contribution in [0, 0.1) is 5.92 Å². The van der Waals surface area contributed by atoms with E-state index in [1.54, 1.807) is 10.9 Å². The first-order chi connectivity index (χ1) is 21.0. The number of aliphatic hydroxyl groups is 2. The molecule has 5 atom stereocenters. The van der Waals surface area contributed by atoms with Crippen molar-refractivity contribution in [3.63, 3.8) is 0 Å². The highest BCUT2D eigenvalue weighted by Gasteiger charge is 2.40. The molecule has 3 aliphatic rings. The lowest BCUT2D eigenvalue weighted by molar-refractivity contribution is -0.0207. The molecule has 0 radical (unpaired) electrons. The summed E-state index contributed by atoms with van der Waals surface area (Å²) in [5, 5.41) is 20.8. The van der Waals surface area contributed by atoms with E-state index < -0.39 is 17.3 Å². The predicted octanol–water partition coefficient (Wildman–Crippen LogP) is 4.17. The van der Waals surface area contributed by atoms with Crippen molar-refractivity contribution < 1.29 is 28.8 Å². The number of fused-ring (bicyclic) bond motifs is 7. The maximum absolute atomic E-state index is 12.3. The van der Waals surface area contributed by atoms with Gasteiger partial charge in [0.1, 0.15) is 29.4 Å². The lowest BCUT2D eigenvalue weighted by Crippen LogP contribution is -2.34. The van der Waals surface area contributed by atoms with Crippen LogP contribution < -0.4 is 20.7 Å². The fourth-order valence-corrected chi connectivity index (χ4v) is 6.08. The molecule has 6 heterocycles. The normalized spacial score (nSPS) is 25.1. The molecule has 3 aromatic heterocycles. The van der Waals surface area contributed by atoms with Gasteiger partial charge in [0, 0.05) is 12.0 Å². The minimum Gasteiger partial charge on any atom is -0.489 e. The van der Waals surface area contributed by atoms with E-state index in [9.17, 15) is 14.7 Å². The average molecular weight is 607 g/mol. The van der Waals surface area contributed by atoms with Gasteiger partial charge in [0.15, 0.2) is 16.7 Å². The first kappa shape index (κ1) is 30.0. The standard InChI is InChI=1S/C22H26O5.C10H12N4O3/c1-6-7-13-10-15(23)26-21-16(13)20-14(8-9-22(4,5)27-20)19-17(21)18(24)11(2)12(3)25-19;15-3-6-1-2-7(17-6)14-5-13-8-9(14)11-4-12-10(8)16/h8-12,18,24H,6-7H2,1-5H3;4-7,15H,1-3H2,(H,11,12,16)/t11-,12-,18+;6-,7+/m10/s1. The molecule has 3 aliphatic heterocycles. The van der Waals surface area contributed by atoms with Gasteiger partial charge in [-0.25, -0.2) is 14.8 Å². The fraction of sp³-hybridized carbons (Fsp3) is 0.500. The second-order valence-electron chi connectivity index (χ2n) is 12.2. The molecule has 12 nitrogen and oxygen atoms in total. The molecule has 44 heavy (non-hydrogen) atoms. The molecule has 3 N–H and O–H groups in total. The Balaban J connectivity index is 0.000000173. The van der Waals surface area contributed by atoms with Crippen molar-refractivity contribution in [3.8, 4) is 11.5 Å². The summed E-state index contributed by atoms with van der Waals surface area (Å²) < 4.78 is 25.5. The van der Waals surface area contributed by atoms with Crippen LogP contribution in [-0.2, 0) is 11.2 Å².